The van der Waals surface area contributed by atoms with Gasteiger partial charge in [-0.2, -0.15) is 0 Å². The number of hydrogen-bond donors (Lipinski definition) is 1. The summed E-state index contributed by atoms with van der Waals surface area (Å²) in [6.45, 7) is 1.81. The lowest BCUT2D eigenvalue weighted by atomic mass is 10.0. The Bertz CT molecular complexity index is 649. The molecule has 0 spiro atoms. The van der Waals surface area contributed by atoms with Crippen molar-refractivity contribution < 1.29 is 13.9 Å². The molecule has 0 aliphatic rings. The first kappa shape index (κ1) is 16.4. The third kappa shape index (κ3) is 3.81. The molecule has 1 aromatic heterocycles. The molecule has 2 atom stereocenters. The summed E-state index contributed by atoms with van der Waals surface area (Å²) in [4.78, 5) is 16.1. The van der Waals surface area contributed by atoms with E-state index in [0.29, 0.717) is 5.56 Å². The Hall–Kier alpha value is -1.98. The van der Waals surface area contributed by atoms with Gasteiger partial charge >= 0.3 is 0 Å². The maximum Gasteiger partial charge on any atom is 0.254 e. The second-order valence-electron chi connectivity index (χ2n) is 4.81. The number of halogens is 2. The van der Waals surface area contributed by atoms with Crippen LogP contribution in [-0.4, -0.2) is 24.0 Å². The molecule has 1 heterocycles. The van der Waals surface area contributed by atoms with E-state index in [1.165, 1.54) is 25.4 Å². The van der Waals surface area contributed by atoms with Crippen LogP contribution < -0.4 is 5.32 Å². The molecule has 1 amide bonds. The lowest BCUT2D eigenvalue weighted by molar-refractivity contribution is 0.0644. The smallest absolute Gasteiger partial charge is 0.254 e. The van der Waals surface area contributed by atoms with E-state index >= 15 is 0 Å². The molecule has 0 radical (unpaired) electrons. The number of aromatic nitrogens is 1. The first-order chi connectivity index (χ1) is 10.5. The number of rotatable bonds is 5. The van der Waals surface area contributed by atoms with E-state index < -0.39 is 6.10 Å². The molecule has 4 nitrogen and oxygen atoms in total. The van der Waals surface area contributed by atoms with Crippen LogP contribution in [0.1, 0.15) is 28.9 Å². The van der Waals surface area contributed by atoms with Crippen molar-refractivity contribution >= 4 is 17.5 Å². The van der Waals surface area contributed by atoms with Gasteiger partial charge in [-0.15, -0.1) is 0 Å². The number of nitrogens with one attached hydrogen (secondary N) is 1. The van der Waals surface area contributed by atoms with Crippen LogP contribution in [0.4, 0.5) is 4.39 Å². The standard InChI is InChI=1S/C16H16ClFN2O2/c1-10(14(22-2)11-5-7-12(18)8-6-11)20-16(21)13-4-3-9-19-15(13)17/h3-10,14H,1-2H3,(H,20,21)/t10-,14+/m1/s1. The van der Waals surface area contributed by atoms with Gasteiger partial charge in [-0.1, -0.05) is 23.7 Å². The SMILES string of the molecule is CO[C@H](c1ccc(F)cc1)[C@@H](C)NC(=O)c1cccnc1Cl. The highest BCUT2D eigenvalue weighted by Gasteiger charge is 2.22. The number of carbonyl (C=O) groups is 1. The van der Waals surface area contributed by atoms with E-state index in [2.05, 4.69) is 10.3 Å². The lowest BCUT2D eigenvalue weighted by Gasteiger charge is -2.24. The predicted octanol–water partition coefficient (Wildman–Crippen LogP) is 3.38. The van der Waals surface area contributed by atoms with Gasteiger partial charge < -0.3 is 10.1 Å². The summed E-state index contributed by atoms with van der Waals surface area (Å²) < 4.78 is 18.4. The summed E-state index contributed by atoms with van der Waals surface area (Å²) in [7, 11) is 1.54. The molecule has 0 aliphatic carbocycles. The van der Waals surface area contributed by atoms with Crippen LogP contribution >= 0.6 is 11.6 Å². The van der Waals surface area contributed by atoms with Crippen LogP contribution in [0, 0.1) is 5.82 Å². The zero-order chi connectivity index (χ0) is 16.1. The molecule has 6 heteroatoms. The Morgan fingerprint density at radius 3 is 2.59 bits per heavy atom. The van der Waals surface area contributed by atoms with Gasteiger partial charge in [-0.3, -0.25) is 4.79 Å². The van der Waals surface area contributed by atoms with Crippen LogP contribution in [0.15, 0.2) is 42.6 Å². The quantitative estimate of drug-likeness (QED) is 0.859. The van der Waals surface area contributed by atoms with E-state index in [0.717, 1.165) is 5.56 Å². The Labute approximate surface area is 133 Å². The van der Waals surface area contributed by atoms with Gasteiger partial charge in [0.05, 0.1) is 11.6 Å². The second kappa shape index (κ2) is 7.33. The Balaban J connectivity index is 2.12. The van der Waals surface area contributed by atoms with Crippen molar-refractivity contribution in [2.24, 2.45) is 0 Å². The number of hydrogen-bond acceptors (Lipinski definition) is 3. The first-order valence-electron chi connectivity index (χ1n) is 6.72. The van der Waals surface area contributed by atoms with Crippen molar-refractivity contribution in [2.45, 2.75) is 19.1 Å². The molecule has 0 saturated carbocycles. The minimum Gasteiger partial charge on any atom is -0.375 e. The Kier molecular flexibility index (Phi) is 5.46. The summed E-state index contributed by atoms with van der Waals surface area (Å²) >= 11 is 5.91. The Morgan fingerprint density at radius 2 is 2.00 bits per heavy atom. The number of amides is 1. The van der Waals surface area contributed by atoms with Crippen molar-refractivity contribution in [2.75, 3.05) is 7.11 Å². The number of benzene rings is 1. The zero-order valence-corrected chi connectivity index (χ0v) is 13.0. The fraction of sp³-hybridized carbons (Fsp3) is 0.250. The van der Waals surface area contributed by atoms with Crippen molar-refractivity contribution in [3.05, 3.63) is 64.7 Å². The van der Waals surface area contributed by atoms with Crippen molar-refractivity contribution in [3.8, 4) is 0 Å². The topological polar surface area (TPSA) is 51.2 Å². The van der Waals surface area contributed by atoms with Crippen LogP contribution in [-0.2, 0) is 4.74 Å². The lowest BCUT2D eigenvalue weighted by Crippen LogP contribution is -2.38. The molecule has 2 aromatic rings. The van der Waals surface area contributed by atoms with E-state index in [1.54, 1.807) is 31.2 Å². The number of ether oxygens (including phenoxy) is 1. The number of nitrogens with zero attached hydrogens (tertiary/aromatic N) is 1. The molecule has 0 fully saturated rings. The number of methoxy groups -OCH3 is 1. The summed E-state index contributed by atoms with van der Waals surface area (Å²) in [5.41, 5.74) is 1.07. The molecule has 0 unspecified atom stereocenters. The van der Waals surface area contributed by atoms with E-state index in [-0.39, 0.29) is 22.9 Å². The summed E-state index contributed by atoms with van der Waals surface area (Å²) in [5.74, 6) is -0.660. The highest BCUT2D eigenvalue weighted by Crippen LogP contribution is 2.21. The van der Waals surface area contributed by atoms with E-state index in [4.69, 9.17) is 16.3 Å². The minimum atomic E-state index is -0.403. The molecule has 0 saturated heterocycles. The molecule has 22 heavy (non-hydrogen) atoms. The minimum absolute atomic E-state index is 0.142. The van der Waals surface area contributed by atoms with Crippen LogP contribution in [0.5, 0.6) is 0 Å². The molecular weight excluding hydrogens is 307 g/mol. The maximum absolute atomic E-state index is 13.0. The average molecular weight is 323 g/mol. The molecule has 1 N–H and O–H groups in total. The van der Waals surface area contributed by atoms with Crippen molar-refractivity contribution in [3.63, 3.8) is 0 Å². The second-order valence-corrected chi connectivity index (χ2v) is 5.17. The third-order valence-electron chi connectivity index (χ3n) is 3.27. The fourth-order valence-electron chi connectivity index (χ4n) is 2.20. The monoisotopic (exact) mass is 322 g/mol. The highest BCUT2D eigenvalue weighted by atomic mass is 35.5. The van der Waals surface area contributed by atoms with Gasteiger partial charge in [0, 0.05) is 13.3 Å². The van der Waals surface area contributed by atoms with Crippen molar-refractivity contribution in [1.29, 1.82) is 0 Å². The van der Waals surface area contributed by atoms with Gasteiger partial charge in [0.15, 0.2) is 0 Å². The zero-order valence-electron chi connectivity index (χ0n) is 12.2. The van der Waals surface area contributed by atoms with E-state index in [1.807, 2.05) is 0 Å². The Morgan fingerprint density at radius 1 is 1.32 bits per heavy atom. The van der Waals surface area contributed by atoms with Crippen LogP contribution in [0.2, 0.25) is 5.15 Å². The largest absolute Gasteiger partial charge is 0.375 e. The third-order valence-corrected chi connectivity index (χ3v) is 3.57. The predicted molar refractivity (Wildman–Crippen MR) is 82.3 cm³/mol. The van der Waals surface area contributed by atoms with Gasteiger partial charge in [-0.05, 0) is 36.8 Å². The first-order valence-corrected chi connectivity index (χ1v) is 7.10. The maximum atomic E-state index is 13.0. The van der Waals surface area contributed by atoms with Gasteiger partial charge in [0.25, 0.3) is 5.91 Å². The molecule has 116 valence electrons. The number of pyridine rings is 1. The molecule has 0 bridgehead atoms. The normalized spacial score (nSPS) is 13.5. The summed E-state index contributed by atoms with van der Waals surface area (Å²) in [6, 6.07) is 8.86. The average Bonchev–Trinajstić information content (AvgIpc) is 2.50. The number of carbonyl (C=O) groups excluding carboxylic acids is 1. The van der Waals surface area contributed by atoms with Crippen LogP contribution in [0.3, 0.4) is 0 Å². The summed E-state index contributed by atoms with van der Waals surface area (Å²) in [6.07, 6.45) is 1.11. The van der Waals surface area contributed by atoms with Gasteiger partial charge in [-0.25, -0.2) is 9.37 Å². The van der Waals surface area contributed by atoms with Crippen molar-refractivity contribution in [1.82, 2.24) is 10.3 Å². The highest BCUT2D eigenvalue weighted by molar-refractivity contribution is 6.32. The fourth-order valence-corrected chi connectivity index (χ4v) is 2.40. The molecular formula is C16H16ClFN2O2. The summed E-state index contributed by atoms with van der Waals surface area (Å²) in [5, 5.41) is 2.96. The van der Waals surface area contributed by atoms with Crippen LogP contribution in [0.25, 0.3) is 0 Å². The van der Waals surface area contributed by atoms with Gasteiger partial charge in [0.2, 0.25) is 0 Å². The van der Waals surface area contributed by atoms with E-state index in [9.17, 15) is 9.18 Å². The molecule has 1 aromatic carbocycles. The molecule has 2 rings (SSSR count). The van der Waals surface area contributed by atoms with Gasteiger partial charge in [0.1, 0.15) is 17.1 Å². The molecule has 0 aliphatic heterocycles.